The van der Waals surface area contributed by atoms with Crippen molar-refractivity contribution in [2.45, 2.75) is 78.6 Å². The summed E-state index contributed by atoms with van der Waals surface area (Å²) < 4.78 is 0. The highest BCUT2D eigenvalue weighted by Gasteiger charge is 2.03. The average Bonchev–Trinajstić information content (AvgIpc) is 2.29. The Bertz CT molecular complexity index is 104. The molecular weight excluding hydrogens is 194 g/mol. The second-order valence-electron chi connectivity index (χ2n) is 4.96. The summed E-state index contributed by atoms with van der Waals surface area (Å²) in [6, 6.07) is 0. The van der Waals surface area contributed by atoms with Crippen molar-refractivity contribution in [3.05, 3.63) is 0 Å². The molecule has 0 aromatic heterocycles. The average molecular weight is 228 g/mol. The maximum atomic E-state index is 2.70. The molecule has 0 saturated heterocycles. The highest BCUT2D eigenvalue weighted by molar-refractivity contribution is 4.58. The minimum Gasteiger partial charge on any atom is -0.303 e. The first kappa shape index (κ1) is 16.0. The number of hydrogen-bond donors (Lipinski definition) is 0. The van der Waals surface area contributed by atoms with Gasteiger partial charge in [-0.2, -0.15) is 0 Å². The third-order valence-electron chi connectivity index (χ3n) is 3.23. The van der Waals surface area contributed by atoms with Crippen LogP contribution in [-0.4, -0.2) is 24.5 Å². The second-order valence-corrected chi connectivity index (χ2v) is 4.96. The van der Waals surface area contributed by atoms with Gasteiger partial charge in [0, 0.05) is 0 Å². The molecule has 0 atom stereocenters. The summed E-state index contributed by atoms with van der Waals surface area (Å²) in [4.78, 5) is 2.70. The van der Waals surface area contributed by atoms with Crippen molar-refractivity contribution >= 4 is 0 Å². The van der Waals surface area contributed by atoms with E-state index in [0.29, 0.717) is 0 Å². The molecule has 0 spiro atoms. The van der Waals surface area contributed by atoms with Gasteiger partial charge in [-0.15, -0.1) is 0 Å². The van der Waals surface area contributed by atoms with Crippen molar-refractivity contribution in [3.63, 3.8) is 0 Å². The quantitative estimate of drug-likeness (QED) is 0.426. The van der Waals surface area contributed by atoms with E-state index in [-0.39, 0.29) is 1.43 Å². The molecule has 0 unspecified atom stereocenters. The van der Waals surface area contributed by atoms with Crippen molar-refractivity contribution in [2.75, 3.05) is 19.6 Å². The SMILES string of the molecule is CCCCCN(CCCCC)CCCCC.[H+]. The molecule has 0 aliphatic carbocycles. The molecule has 0 aromatic rings. The molecule has 0 aromatic carbocycles. The van der Waals surface area contributed by atoms with Gasteiger partial charge in [0.2, 0.25) is 0 Å². The summed E-state index contributed by atoms with van der Waals surface area (Å²) >= 11 is 0. The minimum absolute atomic E-state index is 0. The van der Waals surface area contributed by atoms with Crippen LogP contribution in [0.5, 0.6) is 0 Å². The number of nitrogens with zero attached hydrogens (tertiary/aromatic N) is 1. The lowest BCUT2D eigenvalue weighted by Crippen LogP contribution is -2.27. The molecule has 0 radical (unpaired) electrons. The van der Waals surface area contributed by atoms with Crippen LogP contribution in [0.15, 0.2) is 0 Å². The Hall–Kier alpha value is -0.0400. The molecule has 0 bridgehead atoms. The van der Waals surface area contributed by atoms with Gasteiger partial charge >= 0.3 is 1.43 Å². The highest BCUT2D eigenvalue weighted by Crippen LogP contribution is 2.05. The highest BCUT2D eigenvalue weighted by atomic mass is 15.1. The maximum absolute atomic E-state index is 2.70. The van der Waals surface area contributed by atoms with E-state index < -0.39 is 0 Å². The zero-order valence-electron chi connectivity index (χ0n) is 12.9. The van der Waals surface area contributed by atoms with Crippen LogP contribution in [0.3, 0.4) is 0 Å². The summed E-state index contributed by atoms with van der Waals surface area (Å²) in [5.41, 5.74) is 0. The van der Waals surface area contributed by atoms with E-state index in [1.54, 1.807) is 0 Å². The van der Waals surface area contributed by atoms with Crippen LogP contribution in [0.4, 0.5) is 0 Å². The summed E-state index contributed by atoms with van der Waals surface area (Å²) in [6.45, 7) is 10.9. The van der Waals surface area contributed by atoms with Crippen molar-refractivity contribution in [1.29, 1.82) is 0 Å². The molecule has 1 nitrogen and oxygen atoms in total. The molecule has 0 rings (SSSR count). The first-order chi connectivity index (χ1) is 7.85. The third kappa shape index (κ3) is 10.5. The zero-order chi connectivity index (χ0) is 12.1. The fourth-order valence-corrected chi connectivity index (χ4v) is 2.09. The van der Waals surface area contributed by atoms with Crippen LogP contribution < -0.4 is 0 Å². The molecule has 16 heavy (non-hydrogen) atoms. The second kappa shape index (κ2) is 13.0. The Balaban J connectivity index is 0. The van der Waals surface area contributed by atoms with Crippen LogP contribution in [0, 0.1) is 0 Å². The molecule has 0 fully saturated rings. The largest absolute Gasteiger partial charge is 1.00 e. The predicted octanol–water partition coefficient (Wildman–Crippen LogP) is 4.97. The third-order valence-corrected chi connectivity index (χ3v) is 3.23. The Morgan fingerprint density at radius 2 is 0.875 bits per heavy atom. The zero-order valence-corrected chi connectivity index (χ0v) is 11.9. The monoisotopic (exact) mass is 228 g/mol. The van der Waals surface area contributed by atoms with Gasteiger partial charge in [0.1, 0.15) is 0 Å². The Labute approximate surface area is 105 Å². The molecular formula is C15H34N+. The fourth-order valence-electron chi connectivity index (χ4n) is 2.09. The summed E-state index contributed by atoms with van der Waals surface area (Å²) in [5, 5.41) is 0. The van der Waals surface area contributed by atoms with Gasteiger partial charge in [-0.05, 0) is 38.9 Å². The number of rotatable bonds is 12. The normalized spacial score (nSPS) is 11.2. The van der Waals surface area contributed by atoms with E-state index in [9.17, 15) is 0 Å². The molecule has 98 valence electrons. The first-order valence-electron chi connectivity index (χ1n) is 7.57. The van der Waals surface area contributed by atoms with Crippen molar-refractivity contribution in [1.82, 2.24) is 4.90 Å². The molecule has 0 N–H and O–H groups in total. The van der Waals surface area contributed by atoms with Crippen LogP contribution >= 0.6 is 0 Å². The fraction of sp³-hybridized carbons (Fsp3) is 1.00. The van der Waals surface area contributed by atoms with Gasteiger partial charge < -0.3 is 4.90 Å². The van der Waals surface area contributed by atoms with Gasteiger partial charge in [0.25, 0.3) is 0 Å². The molecule has 0 aliphatic heterocycles. The standard InChI is InChI=1S/C15H33N/c1-4-7-10-13-16(14-11-8-5-2)15-12-9-6-3/h4-15H2,1-3H3/p+1. The van der Waals surface area contributed by atoms with Crippen LogP contribution in [0.2, 0.25) is 0 Å². The van der Waals surface area contributed by atoms with Crippen LogP contribution in [0.25, 0.3) is 0 Å². The van der Waals surface area contributed by atoms with E-state index in [2.05, 4.69) is 25.7 Å². The van der Waals surface area contributed by atoms with E-state index >= 15 is 0 Å². The van der Waals surface area contributed by atoms with Crippen LogP contribution in [0.1, 0.15) is 80.0 Å². The summed E-state index contributed by atoms with van der Waals surface area (Å²) in [6.07, 6.45) is 12.4. The lowest BCUT2D eigenvalue weighted by molar-refractivity contribution is 0.256. The molecule has 0 amide bonds. The topological polar surface area (TPSA) is 3.24 Å². The maximum Gasteiger partial charge on any atom is 1.00 e. The summed E-state index contributed by atoms with van der Waals surface area (Å²) in [5.74, 6) is 0. The lowest BCUT2D eigenvalue weighted by Gasteiger charge is -2.22. The van der Waals surface area contributed by atoms with Gasteiger partial charge in [-0.3, -0.25) is 0 Å². The van der Waals surface area contributed by atoms with Gasteiger partial charge in [-0.1, -0.05) is 59.3 Å². The number of hydrogen-bond acceptors (Lipinski definition) is 1. The van der Waals surface area contributed by atoms with Gasteiger partial charge in [0.15, 0.2) is 0 Å². The molecule has 0 saturated carbocycles. The number of unbranched alkanes of at least 4 members (excludes halogenated alkanes) is 6. The van der Waals surface area contributed by atoms with Gasteiger partial charge in [-0.25, -0.2) is 0 Å². The summed E-state index contributed by atoms with van der Waals surface area (Å²) in [7, 11) is 0. The predicted molar refractivity (Wildman–Crippen MR) is 76.1 cm³/mol. The smallest absolute Gasteiger partial charge is 0.303 e. The van der Waals surface area contributed by atoms with Crippen molar-refractivity contribution in [2.24, 2.45) is 0 Å². The Morgan fingerprint density at radius 3 is 1.12 bits per heavy atom. The Morgan fingerprint density at radius 1 is 0.562 bits per heavy atom. The van der Waals surface area contributed by atoms with Crippen LogP contribution in [-0.2, 0) is 0 Å². The van der Waals surface area contributed by atoms with E-state index in [1.807, 2.05) is 0 Å². The van der Waals surface area contributed by atoms with E-state index in [4.69, 9.17) is 0 Å². The first-order valence-corrected chi connectivity index (χ1v) is 7.57. The van der Waals surface area contributed by atoms with E-state index in [1.165, 1.54) is 77.4 Å². The minimum atomic E-state index is 0. The van der Waals surface area contributed by atoms with E-state index in [0.717, 1.165) is 0 Å². The molecule has 1 heteroatoms. The van der Waals surface area contributed by atoms with Crippen molar-refractivity contribution in [3.8, 4) is 0 Å². The molecule has 0 heterocycles. The van der Waals surface area contributed by atoms with Crippen molar-refractivity contribution < 1.29 is 1.43 Å². The van der Waals surface area contributed by atoms with Gasteiger partial charge in [0.05, 0.1) is 0 Å². The molecule has 0 aliphatic rings. The Kier molecular flexibility index (Phi) is 13.0. The lowest BCUT2D eigenvalue weighted by atomic mass is 10.2.